The summed E-state index contributed by atoms with van der Waals surface area (Å²) in [6, 6.07) is 0.251. The molecule has 4 nitrogen and oxygen atoms in total. The molecule has 1 aromatic heterocycles. The molecule has 21 heavy (non-hydrogen) atoms. The van der Waals surface area contributed by atoms with E-state index >= 15 is 0 Å². The Morgan fingerprint density at radius 2 is 1.95 bits per heavy atom. The third-order valence-electron chi connectivity index (χ3n) is 4.63. The Bertz CT molecular complexity index is 408. The summed E-state index contributed by atoms with van der Waals surface area (Å²) in [4.78, 5) is 0. The highest BCUT2D eigenvalue weighted by Gasteiger charge is 2.40. The molecule has 4 heteroatoms. The minimum absolute atomic E-state index is 0.0666. The Morgan fingerprint density at radius 3 is 2.48 bits per heavy atom. The van der Waals surface area contributed by atoms with Crippen molar-refractivity contribution in [2.45, 2.75) is 77.5 Å². The first-order valence-electron chi connectivity index (χ1n) is 8.65. The van der Waals surface area contributed by atoms with E-state index in [0.717, 1.165) is 32.5 Å². The fourth-order valence-electron chi connectivity index (χ4n) is 3.64. The van der Waals surface area contributed by atoms with E-state index in [-0.39, 0.29) is 11.6 Å². The van der Waals surface area contributed by atoms with Crippen LogP contribution in [0.1, 0.15) is 70.9 Å². The van der Waals surface area contributed by atoms with Crippen LogP contribution in [0.4, 0.5) is 0 Å². The second kappa shape index (κ2) is 7.95. The summed E-state index contributed by atoms with van der Waals surface area (Å²) in [6.45, 7) is 9.07. The number of likely N-dealkylation sites (N-methyl/N-ethyl adjacent to an activating group) is 1. The molecule has 1 fully saturated rings. The van der Waals surface area contributed by atoms with Gasteiger partial charge in [0.25, 0.3) is 0 Å². The van der Waals surface area contributed by atoms with Crippen LogP contribution in [-0.4, -0.2) is 28.5 Å². The largest absolute Gasteiger partial charge is 0.373 e. The van der Waals surface area contributed by atoms with Gasteiger partial charge in [0.1, 0.15) is 0 Å². The van der Waals surface area contributed by atoms with Gasteiger partial charge in [-0.05, 0) is 33.2 Å². The van der Waals surface area contributed by atoms with Crippen LogP contribution in [0.5, 0.6) is 0 Å². The van der Waals surface area contributed by atoms with E-state index in [0.29, 0.717) is 0 Å². The van der Waals surface area contributed by atoms with Crippen molar-refractivity contribution in [3.05, 3.63) is 18.0 Å². The highest BCUT2D eigenvalue weighted by atomic mass is 16.5. The van der Waals surface area contributed by atoms with Crippen LogP contribution in [-0.2, 0) is 11.3 Å². The monoisotopic (exact) mass is 293 g/mol. The molecule has 1 saturated carbocycles. The van der Waals surface area contributed by atoms with Crippen LogP contribution >= 0.6 is 0 Å². The zero-order valence-electron chi connectivity index (χ0n) is 13.9. The van der Waals surface area contributed by atoms with Gasteiger partial charge < -0.3 is 10.1 Å². The molecular weight excluding hydrogens is 262 g/mol. The predicted octanol–water partition coefficient (Wildman–Crippen LogP) is 3.68. The van der Waals surface area contributed by atoms with E-state index in [2.05, 4.69) is 37.4 Å². The summed E-state index contributed by atoms with van der Waals surface area (Å²) in [6.07, 6.45) is 11.7. The molecule has 1 aliphatic rings. The summed E-state index contributed by atoms with van der Waals surface area (Å²) in [5.74, 6) is 0. The number of rotatable bonds is 7. The van der Waals surface area contributed by atoms with Crippen molar-refractivity contribution in [1.29, 1.82) is 0 Å². The summed E-state index contributed by atoms with van der Waals surface area (Å²) in [5, 5.41) is 8.15. The van der Waals surface area contributed by atoms with Crippen molar-refractivity contribution in [2.75, 3.05) is 13.2 Å². The van der Waals surface area contributed by atoms with Gasteiger partial charge >= 0.3 is 0 Å². The van der Waals surface area contributed by atoms with Gasteiger partial charge in [0, 0.05) is 24.9 Å². The van der Waals surface area contributed by atoms with E-state index in [1.54, 1.807) is 0 Å². The lowest BCUT2D eigenvalue weighted by Crippen LogP contribution is -2.46. The third-order valence-corrected chi connectivity index (χ3v) is 4.63. The Kier molecular flexibility index (Phi) is 6.24. The van der Waals surface area contributed by atoms with Crippen LogP contribution in [0.2, 0.25) is 0 Å². The van der Waals surface area contributed by atoms with Crippen molar-refractivity contribution >= 4 is 0 Å². The van der Waals surface area contributed by atoms with Gasteiger partial charge in [0.15, 0.2) is 0 Å². The van der Waals surface area contributed by atoms with Crippen molar-refractivity contribution in [1.82, 2.24) is 15.1 Å². The van der Waals surface area contributed by atoms with Crippen LogP contribution in [0.3, 0.4) is 0 Å². The van der Waals surface area contributed by atoms with Gasteiger partial charge in [-0.15, -0.1) is 0 Å². The van der Waals surface area contributed by atoms with Crippen molar-refractivity contribution < 1.29 is 4.74 Å². The Balaban J connectivity index is 2.30. The zero-order valence-corrected chi connectivity index (χ0v) is 13.9. The minimum Gasteiger partial charge on any atom is -0.373 e. The molecule has 1 aliphatic carbocycles. The number of ether oxygens (including phenoxy) is 1. The maximum Gasteiger partial charge on any atom is 0.0877 e. The molecule has 1 N–H and O–H groups in total. The number of nitrogens with one attached hydrogen (secondary N) is 1. The topological polar surface area (TPSA) is 39.1 Å². The highest BCUT2D eigenvalue weighted by Crippen LogP contribution is 2.40. The SMILES string of the molecule is CCNC(c1cnn(CC)c1)C1(OCC)CCCCCC1. The summed E-state index contributed by atoms with van der Waals surface area (Å²) >= 11 is 0. The second-order valence-electron chi connectivity index (χ2n) is 6.03. The minimum atomic E-state index is -0.0666. The number of aryl methyl sites for hydroxylation is 1. The number of hydrogen-bond acceptors (Lipinski definition) is 3. The Morgan fingerprint density at radius 1 is 1.24 bits per heavy atom. The second-order valence-corrected chi connectivity index (χ2v) is 6.03. The van der Waals surface area contributed by atoms with Crippen molar-refractivity contribution in [3.63, 3.8) is 0 Å². The molecule has 0 aromatic carbocycles. The quantitative estimate of drug-likeness (QED) is 0.779. The van der Waals surface area contributed by atoms with Gasteiger partial charge in [0.05, 0.1) is 17.8 Å². The average molecular weight is 293 g/mol. The first-order chi connectivity index (χ1) is 10.3. The maximum absolute atomic E-state index is 6.36. The molecule has 0 bridgehead atoms. The normalized spacial score (nSPS) is 20.1. The molecule has 1 unspecified atom stereocenters. The molecule has 0 aliphatic heterocycles. The number of nitrogens with zero attached hydrogens (tertiary/aromatic N) is 2. The smallest absolute Gasteiger partial charge is 0.0877 e. The van der Waals surface area contributed by atoms with Crippen LogP contribution in [0.15, 0.2) is 12.4 Å². The first kappa shape index (κ1) is 16.5. The average Bonchev–Trinajstić information content (AvgIpc) is 2.84. The number of aromatic nitrogens is 2. The molecular formula is C17H31N3O. The van der Waals surface area contributed by atoms with Gasteiger partial charge in [-0.1, -0.05) is 32.6 Å². The van der Waals surface area contributed by atoms with Crippen LogP contribution in [0.25, 0.3) is 0 Å². The molecule has 0 amide bonds. The summed E-state index contributed by atoms with van der Waals surface area (Å²) in [5.41, 5.74) is 1.21. The molecule has 0 spiro atoms. The molecule has 0 radical (unpaired) electrons. The standard InChI is InChI=1S/C17H31N3O/c1-4-18-16(15-13-19-20(5-2)14-15)17(21-6-3)11-9-7-8-10-12-17/h13-14,16,18H,4-12H2,1-3H3. The van der Waals surface area contributed by atoms with E-state index < -0.39 is 0 Å². The van der Waals surface area contributed by atoms with Crippen molar-refractivity contribution in [2.24, 2.45) is 0 Å². The molecule has 1 heterocycles. The van der Waals surface area contributed by atoms with Gasteiger partial charge in [-0.25, -0.2) is 0 Å². The van der Waals surface area contributed by atoms with Gasteiger partial charge in [-0.3, -0.25) is 4.68 Å². The summed E-state index contributed by atoms with van der Waals surface area (Å²) in [7, 11) is 0. The van der Waals surface area contributed by atoms with E-state index in [1.165, 1.54) is 31.2 Å². The van der Waals surface area contributed by atoms with E-state index in [1.807, 2.05) is 10.9 Å². The van der Waals surface area contributed by atoms with Crippen LogP contribution < -0.4 is 5.32 Å². The molecule has 2 rings (SSSR count). The lowest BCUT2D eigenvalue weighted by atomic mass is 9.83. The van der Waals surface area contributed by atoms with Crippen molar-refractivity contribution in [3.8, 4) is 0 Å². The zero-order chi connectivity index (χ0) is 15.1. The molecule has 1 atom stereocenters. The molecule has 0 saturated heterocycles. The van der Waals surface area contributed by atoms with E-state index in [9.17, 15) is 0 Å². The molecule has 120 valence electrons. The van der Waals surface area contributed by atoms with Gasteiger partial charge in [-0.2, -0.15) is 5.10 Å². The summed E-state index contributed by atoms with van der Waals surface area (Å²) < 4.78 is 8.37. The Hall–Kier alpha value is -0.870. The molecule has 1 aromatic rings. The van der Waals surface area contributed by atoms with E-state index in [4.69, 9.17) is 4.74 Å². The lowest BCUT2D eigenvalue weighted by Gasteiger charge is -2.40. The Labute approximate surface area is 129 Å². The highest BCUT2D eigenvalue weighted by molar-refractivity contribution is 5.17. The van der Waals surface area contributed by atoms with Gasteiger partial charge in [0.2, 0.25) is 0 Å². The predicted molar refractivity (Wildman–Crippen MR) is 86.4 cm³/mol. The fourth-order valence-corrected chi connectivity index (χ4v) is 3.64. The fraction of sp³-hybridized carbons (Fsp3) is 0.824. The third kappa shape index (κ3) is 3.86. The van der Waals surface area contributed by atoms with Crippen LogP contribution in [0, 0.1) is 0 Å². The number of hydrogen-bond donors (Lipinski definition) is 1. The lowest BCUT2D eigenvalue weighted by molar-refractivity contribution is -0.0779. The first-order valence-corrected chi connectivity index (χ1v) is 8.65. The maximum atomic E-state index is 6.36.